The van der Waals surface area contributed by atoms with Crippen molar-refractivity contribution in [2.45, 2.75) is 37.8 Å². The van der Waals surface area contributed by atoms with Crippen molar-refractivity contribution in [3.05, 3.63) is 75.2 Å². The standard InChI is InChI=1S/C24H27N3O5S/c1-5-7-13-33-24-26-20-19(21(28)27-24)18(15-8-10-16(11-9-15)22(29)31-4)17(14(3)25-20)23(30)32-12-6-2/h6,8-11,18H,2,5,7,12-13H2,1,3-4H3,(H2,25,26,27,28)/t18-/m0/s1. The number of nitrogens with zero attached hydrogens (tertiary/aromatic N) is 1. The number of fused-ring (bicyclic) bond motifs is 1. The Labute approximate surface area is 196 Å². The van der Waals surface area contributed by atoms with Crippen molar-refractivity contribution < 1.29 is 19.1 Å². The lowest BCUT2D eigenvalue weighted by Crippen LogP contribution is -2.31. The highest BCUT2D eigenvalue weighted by atomic mass is 32.2. The summed E-state index contributed by atoms with van der Waals surface area (Å²) in [7, 11) is 1.31. The van der Waals surface area contributed by atoms with Crippen LogP contribution in [0.1, 0.15) is 54.1 Å². The number of carbonyl (C=O) groups excluding carboxylic acids is 2. The molecular formula is C24H27N3O5S. The zero-order chi connectivity index (χ0) is 24.0. The second-order valence-corrected chi connectivity index (χ2v) is 8.52. The molecule has 3 rings (SSSR count). The second-order valence-electron chi connectivity index (χ2n) is 7.43. The van der Waals surface area contributed by atoms with Gasteiger partial charge in [0.1, 0.15) is 12.4 Å². The molecule has 1 aliphatic heterocycles. The Morgan fingerprint density at radius 2 is 1.97 bits per heavy atom. The number of methoxy groups -OCH3 is 1. The molecule has 0 saturated carbocycles. The molecule has 33 heavy (non-hydrogen) atoms. The van der Waals surface area contributed by atoms with Gasteiger partial charge in [-0.2, -0.15) is 0 Å². The molecule has 0 amide bonds. The topological polar surface area (TPSA) is 110 Å². The van der Waals surface area contributed by atoms with Crippen molar-refractivity contribution in [2.75, 3.05) is 24.8 Å². The Bertz CT molecular complexity index is 1140. The van der Waals surface area contributed by atoms with Gasteiger partial charge in [-0.25, -0.2) is 14.6 Å². The molecule has 174 valence electrons. The third-order valence-electron chi connectivity index (χ3n) is 5.17. The first-order valence-electron chi connectivity index (χ1n) is 10.6. The molecule has 0 aliphatic carbocycles. The number of aromatic amines is 1. The van der Waals surface area contributed by atoms with Crippen LogP contribution in [0.3, 0.4) is 0 Å². The summed E-state index contributed by atoms with van der Waals surface area (Å²) in [5, 5.41) is 3.63. The maximum Gasteiger partial charge on any atom is 0.337 e. The molecule has 1 aromatic carbocycles. The smallest absolute Gasteiger partial charge is 0.337 e. The van der Waals surface area contributed by atoms with E-state index >= 15 is 0 Å². The van der Waals surface area contributed by atoms with Gasteiger partial charge in [0, 0.05) is 11.4 Å². The molecule has 8 nitrogen and oxygen atoms in total. The minimum Gasteiger partial charge on any atom is -0.465 e. The van der Waals surface area contributed by atoms with Gasteiger partial charge >= 0.3 is 11.9 Å². The Hall–Kier alpha value is -3.33. The van der Waals surface area contributed by atoms with Crippen LogP contribution in [0.4, 0.5) is 5.82 Å². The highest BCUT2D eigenvalue weighted by molar-refractivity contribution is 7.99. The molecule has 2 N–H and O–H groups in total. The zero-order valence-corrected chi connectivity index (χ0v) is 19.7. The van der Waals surface area contributed by atoms with Crippen molar-refractivity contribution in [3.8, 4) is 0 Å². The Kier molecular flexibility index (Phi) is 8.11. The second kappa shape index (κ2) is 11.0. The van der Waals surface area contributed by atoms with Crippen LogP contribution in [0.25, 0.3) is 0 Å². The van der Waals surface area contributed by atoms with E-state index in [4.69, 9.17) is 9.47 Å². The molecule has 0 bridgehead atoms. The fraction of sp³-hybridized carbons (Fsp3) is 0.333. The summed E-state index contributed by atoms with van der Waals surface area (Å²) in [6.45, 7) is 7.46. The van der Waals surface area contributed by atoms with Crippen LogP contribution < -0.4 is 10.9 Å². The normalized spacial score (nSPS) is 14.8. The monoisotopic (exact) mass is 469 g/mol. The first-order valence-corrected chi connectivity index (χ1v) is 11.6. The van der Waals surface area contributed by atoms with Gasteiger partial charge in [0.2, 0.25) is 0 Å². The van der Waals surface area contributed by atoms with E-state index in [1.54, 1.807) is 31.2 Å². The summed E-state index contributed by atoms with van der Waals surface area (Å²) < 4.78 is 10.1. The summed E-state index contributed by atoms with van der Waals surface area (Å²) in [4.78, 5) is 45.5. The lowest BCUT2D eigenvalue weighted by Gasteiger charge is -2.28. The maximum absolute atomic E-state index is 13.2. The van der Waals surface area contributed by atoms with Gasteiger partial charge in [-0.3, -0.25) is 4.79 Å². The number of benzene rings is 1. The summed E-state index contributed by atoms with van der Waals surface area (Å²) in [6, 6.07) is 6.59. The molecule has 0 spiro atoms. The SMILES string of the molecule is C=CCOC(=O)C1=C(C)Nc2nc(SCCCC)[nH]c(=O)c2[C@H]1c1ccc(C(=O)OC)cc1. The lowest BCUT2D eigenvalue weighted by atomic mass is 9.82. The van der Waals surface area contributed by atoms with E-state index in [9.17, 15) is 14.4 Å². The molecule has 1 aliphatic rings. The third kappa shape index (κ3) is 5.36. The van der Waals surface area contributed by atoms with Crippen LogP contribution in [0.5, 0.6) is 0 Å². The van der Waals surface area contributed by atoms with Crippen LogP contribution in [0, 0.1) is 0 Å². The number of rotatable bonds is 9. The molecule has 0 radical (unpaired) electrons. The maximum atomic E-state index is 13.2. The van der Waals surface area contributed by atoms with Crippen LogP contribution in [0.15, 0.2) is 58.1 Å². The molecule has 0 unspecified atom stereocenters. The molecule has 0 fully saturated rings. The average Bonchev–Trinajstić information content (AvgIpc) is 2.81. The highest BCUT2D eigenvalue weighted by Crippen LogP contribution is 2.40. The number of unbranched alkanes of at least 4 members (excludes halogenated alkanes) is 1. The van der Waals surface area contributed by atoms with Gasteiger partial charge in [0.15, 0.2) is 5.16 Å². The van der Waals surface area contributed by atoms with Crippen molar-refractivity contribution >= 4 is 29.5 Å². The van der Waals surface area contributed by atoms with Crippen LogP contribution in [0.2, 0.25) is 0 Å². The van der Waals surface area contributed by atoms with Gasteiger partial charge in [0.25, 0.3) is 5.56 Å². The van der Waals surface area contributed by atoms with Crippen molar-refractivity contribution in [2.24, 2.45) is 0 Å². The number of esters is 2. The summed E-state index contributed by atoms with van der Waals surface area (Å²) in [6.07, 6.45) is 3.53. The molecule has 1 atom stereocenters. The fourth-order valence-corrected chi connectivity index (χ4v) is 4.51. The highest BCUT2D eigenvalue weighted by Gasteiger charge is 2.36. The Morgan fingerprint density at radius 1 is 1.24 bits per heavy atom. The molecule has 9 heteroatoms. The van der Waals surface area contributed by atoms with E-state index in [-0.39, 0.29) is 12.2 Å². The zero-order valence-electron chi connectivity index (χ0n) is 18.9. The molecule has 1 aromatic heterocycles. The van der Waals surface area contributed by atoms with Gasteiger partial charge in [0.05, 0.1) is 29.7 Å². The van der Waals surface area contributed by atoms with E-state index in [0.29, 0.717) is 38.9 Å². The number of ether oxygens (including phenoxy) is 2. The number of H-pyrrole nitrogens is 1. The average molecular weight is 470 g/mol. The van der Waals surface area contributed by atoms with Gasteiger partial charge in [-0.15, -0.1) is 0 Å². The molecular weight excluding hydrogens is 442 g/mol. The fourth-order valence-electron chi connectivity index (χ4n) is 3.56. The summed E-state index contributed by atoms with van der Waals surface area (Å²) in [5.41, 5.74) is 1.83. The molecule has 0 saturated heterocycles. The molecule has 2 heterocycles. The van der Waals surface area contributed by atoms with Crippen LogP contribution in [-0.4, -0.2) is 41.4 Å². The minimum atomic E-state index is -0.726. The van der Waals surface area contributed by atoms with Gasteiger partial charge in [-0.05, 0) is 31.0 Å². The first kappa shape index (κ1) is 24.3. The number of thioether (sulfide) groups is 1. The van der Waals surface area contributed by atoms with Gasteiger partial charge in [-0.1, -0.05) is 49.9 Å². The van der Waals surface area contributed by atoms with E-state index < -0.39 is 17.9 Å². The van der Waals surface area contributed by atoms with Crippen LogP contribution >= 0.6 is 11.8 Å². The quantitative estimate of drug-likeness (QED) is 0.186. The number of allylic oxidation sites excluding steroid dienone is 1. The molecule has 2 aromatic rings. The van der Waals surface area contributed by atoms with Crippen molar-refractivity contribution in [1.29, 1.82) is 0 Å². The summed E-state index contributed by atoms with van der Waals surface area (Å²) >= 11 is 1.48. The van der Waals surface area contributed by atoms with Crippen molar-refractivity contribution in [3.63, 3.8) is 0 Å². The lowest BCUT2D eigenvalue weighted by molar-refractivity contribution is -0.138. The third-order valence-corrected chi connectivity index (χ3v) is 6.13. The first-order chi connectivity index (χ1) is 15.9. The van der Waals surface area contributed by atoms with E-state index in [1.807, 2.05) is 0 Å². The minimum absolute atomic E-state index is 0.0398. The number of hydrogen-bond donors (Lipinski definition) is 2. The number of anilines is 1. The Morgan fingerprint density at radius 3 is 2.61 bits per heavy atom. The number of carbonyl (C=O) groups is 2. The predicted octanol–water partition coefficient (Wildman–Crippen LogP) is 4.01. The number of nitrogens with one attached hydrogen (secondary N) is 2. The van der Waals surface area contributed by atoms with Crippen LogP contribution in [-0.2, 0) is 14.3 Å². The van der Waals surface area contributed by atoms with E-state index in [0.717, 1.165) is 18.6 Å². The summed E-state index contributed by atoms with van der Waals surface area (Å²) in [5.74, 6) is -0.523. The number of aromatic nitrogens is 2. The largest absolute Gasteiger partial charge is 0.465 e. The van der Waals surface area contributed by atoms with Crippen molar-refractivity contribution in [1.82, 2.24) is 9.97 Å². The predicted molar refractivity (Wildman–Crippen MR) is 128 cm³/mol. The number of hydrogen-bond acceptors (Lipinski definition) is 8. The van der Waals surface area contributed by atoms with E-state index in [2.05, 4.69) is 28.8 Å². The Balaban J connectivity index is 2.11. The van der Waals surface area contributed by atoms with Gasteiger partial charge < -0.3 is 19.8 Å². The van der Waals surface area contributed by atoms with E-state index in [1.165, 1.54) is 24.9 Å².